The van der Waals surface area contributed by atoms with Crippen molar-refractivity contribution in [3.8, 4) is 11.8 Å². The molecule has 17 heavy (non-hydrogen) atoms. The lowest BCUT2D eigenvalue weighted by Crippen LogP contribution is -2.34. The lowest BCUT2D eigenvalue weighted by atomic mass is 10.00. The molecule has 1 aromatic rings. The fraction of sp³-hybridized carbons (Fsp3) is 0.417. The van der Waals surface area contributed by atoms with Gasteiger partial charge in [-0.1, -0.05) is 0 Å². The van der Waals surface area contributed by atoms with Crippen LogP contribution in [0.15, 0.2) is 18.2 Å². The normalized spacial score (nSPS) is 13.8. The lowest BCUT2D eigenvalue weighted by Gasteiger charge is -2.14. The van der Waals surface area contributed by atoms with Crippen LogP contribution in [0.4, 0.5) is 8.78 Å². The van der Waals surface area contributed by atoms with Gasteiger partial charge in [-0.05, 0) is 31.9 Å². The summed E-state index contributed by atoms with van der Waals surface area (Å²) in [7, 11) is 0. The van der Waals surface area contributed by atoms with Crippen LogP contribution in [0.25, 0.3) is 0 Å². The second kappa shape index (κ2) is 5.60. The van der Waals surface area contributed by atoms with Crippen LogP contribution in [-0.4, -0.2) is 12.1 Å². The molecule has 1 unspecified atom stereocenters. The Morgan fingerprint density at radius 1 is 1.41 bits per heavy atom. The quantitative estimate of drug-likeness (QED) is 0.804. The first-order valence-corrected chi connectivity index (χ1v) is 5.22. The van der Waals surface area contributed by atoms with Gasteiger partial charge in [0.05, 0.1) is 12.7 Å². The molecule has 0 amide bonds. The number of rotatable bonds is 5. The predicted octanol–water partition coefficient (Wildman–Crippen LogP) is 2.36. The Labute approximate surface area is 98.8 Å². The maximum absolute atomic E-state index is 12.8. The number of benzene rings is 1. The molecule has 2 N–H and O–H groups in total. The topological polar surface area (TPSA) is 59.0 Å². The van der Waals surface area contributed by atoms with Crippen molar-refractivity contribution in [2.24, 2.45) is 5.73 Å². The van der Waals surface area contributed by atoms with Gasteiger partial charge in [0.25, 0.3) is 0 Å². The summed E-state index contributed by atoms with van der Waals surface area (Å²) in [6, 6.07) is 5.32. The molecule has 1 aromatic carbocycles. The van der Waals surface area contributed by atoms with Crippen molar-refractivity contribution < 1.29 is 13.5 Å². The molecular weight excluding hydrogens is 226 g/mol. The molecule has 3 nitrogen and oxygen atoms in total. The predicted molar refractivity (Wildman–Crippen MR) is 59.3 cm³/mol. The molecule has 0 aliphatic heterocycles. The summed E-state index contributed by atoms with van der Waals surface area (Å²) < 4.78 is 30.6. The molecule has 0 aromatic heterocycles. The summed E-state index contributed by atoms with van der Waals surface area (Å²) in [5.41, 5.74) is 4.74. The monoisotopic (exact) mass is 240 g/mol. The van der Waals surface area contributed by atoms with Crippen molar-refractivity contribution in [3.05, 3.63) is 29.8 Å². The first-order valence-electron chi connectivity index (χ1n) is 5.22. The third-order valence-electron chi connectivity index (χ3n) is 2.26. The molecule has 0 aliphatic rings. The molecule has 0 bridgehead atoms. The van der Waals surface area contributed by atoms with Crippen molar-refractivity contribution >= 4 is 0 Å². The van der Waals surface area contributed by atoms with Crippen LogP contribution in [0.3, 0.4) is 0 Å². The maximum Gasteiger partial charge on any atom is 0.162 e. The maximum atomic E-state index is 12.8. The third kappa shape index (κ3) is 4.37. The minimum Gasteiger partial charge on any atom is -0.493 e. The van der Waals surface area contributed by atoms with E-state index in [9.17, 15) is 8.78 Å². The standard InChI is InChI=1S/C12H14F2N2O/c1-12(16,8-15)5-2-6-17-9-3-4-10(13)11(14)7-9/h3-4,7H,2,5-6,16H2,1H3. The van der Waals surface area contributed by atoms with E-state index in [4.69, 9.17) is 15.7 Å². The van der Waals surface area contributed by atoms with Crippen molar-refractivity contribution in [1.29, 1.82) is 5.26 Å². The zero-order valence-electron chi connectivity index (χ0n) is 9.54. The lowest BCUT2D eigenvalue weighted by molar-refractivity contribution is 0.293. The summed E-state index contributed by atoms with van der Waals surface area (Å²) in [5, 5.41) is 8.67. The van der Waals surface area contributed by atoms with Crippen molar-refractivity contribution in [2.75, 3.05) is 6.61 Å². The summed E-state index contributed by atoms with van der Waals surface area (Å²) in [6.45, 7) is 1.93. The summed E-state index contributed by atoms with van der Waals surface area (Å²) in [4.78, 5) is 0. The zero-order valence-corrected chi connectivity index (χ0v) is 9.54. The van der Waals surface area contributed by atoms with E-state index in [1.165, 1.54) is 6.07 Å². The molecule has 1 rings (SSSR count). The van der Waals surface area contributed by atoms with Gasteiger partial charge in [-0.2, -0.15) is 5.26 Å². The van der Waals surface area contributed by atoms with Crippen molar-refractivity contribution in [3.63, 3.8) is 0 Å². The number of halogens is 2. The van der Waals surface area contributed by atoms with Gasteiger partial charge < -0.3 is 10.5 Å². The van der Waals surface area contributed by atoms with Crippen molar-refractivity contribution in [1.82, 2.24) is 0 Å². The second-order valence-corrected chi connectivity index (χ2v) is 4.06. The van der Waals surface area contributed by atoms with Gasteiger partial charge in [-0.25, -0.2) is 8.78 Å². The van der Waals surface area contributed by atoms with Crippen LogP contribution in [0.2, 0.25) is 0 Å². The van der Waals surface area contributed by atoms with Crippen LogP contribution in [0.5, 0.6) is 5.75 Å². The minimum absolute atomic E-state index is 0.264. The molecule has 1 atom stereocenters. The van der Waals surface area contributed by atoms with E-state index in [-0.39, 0.29) is 5.75 Å². The molecule has 0 saturated carbocycles. The zero-order chi connectivity index (χ0) is 12.9. The number of ether oxygens (including phenoxy) is 1. The van der Waals surface area contributed by atoms with Crippen LogP contribution >= 0.6 is 0 Å². The van der Waals surface area contributed by atoms with Gasteiger partial charge in [0, 0.05) is 6.07 Å². The fourth-order valence-corrected chi connectivity index (χ4v) is 1.25. The van der Waals surface area contributed by atoms with E-state index in [1.807, 2.05) is 6.07 Å². The molecule has 0 aliphatic carbocycles. The minimum atomic E-state index is -0.941. The number of hydrogen-bond acceptors (Lipinski definition) is 3. The Hall–Kier alpha value is -1.67. The molecule has 0 radical (unpaired) electrons. The summed E-state index contributed by atoms with van der Waals surface area (Å²) in [6.07, 6.45) is 1.05. The number of hydrogen-bond donors (Lipinski definition) is 1. The van der Waals surface area contributed by atoms with Crippen LogP contribution in [0, 0.1) is 23.0 Å². The van der Waals surface area contributed by atoms with E-state index in [2.05, 4.69) is 0 Å². The van der Waals surface area contributed by atoms with E-state index >= 15 is 0 Å². The Kier molecular flexibility index (Phi) is 4.41. The number of nitriles is 1. The molecule has 0 saturated heterocycles. The Balaban J connectivity index is 2.37. The van der Waals surface area contributed by atoms with Crippen LogP contribution in [0.1, 0.15) is 19.8 Å². The van der Waals surface area contributed by atoms with Gasteiger partial charge in [-0.15, -0.1) is 0 Å². The molecular formula is C12H14F2N2O. The highest BCUT2D eigenvalue weighted by Crippen LogP contribution is 2.16. The third-order valence-corrected chi connectivity index (χ3v) is 2.26. The van der Waals surface area contributed by atoms with E-state index in [0.29, 0.717) is 19.4 Å². The Morgan fingerprint density at radius 2 is 2.12 bits per heavy atom. The van der Waals surface area contributed by atoms with Crippen LogP contribution < -0.4 is 10.5 Å². The molecule has 0 fully saturated rings. The Bertz CT molecular complexity index is 427. The highest BCUT2D eigenvalue weighted by Gasteiger charge is 2.16. The van der Waals surface area contributed by atoms with E-state index in [1.54, 1.807) is 6.92 Å². The van der Waals surface area contributed by atoms with Gasteiger partial charge in [0.2, 0.25) is 0 Å². The van der Waals surface area contributed by atoms with Gasteiger partial charge in [0.1, 0.15) is 11.3 Å². The number of nitrogens with two attached hydrogens (primary N) is 1. The Morgan fingerprint density at radius 3 is 2.71 bits per heavy atom. The van der Waals surface area contributed by atoms with E-state index < -0.39 is 17.2 Å². The van der Waals surface area contributed by atoms with Gasteiger partial charge in [0.15, 0.2) is 11.6 Å². The highest BCUT2D eigenvalue weighted by atomic mass is 19.2. The average molecular weight is 240 g/mol. The SMILES string of the molecule is CC(N)(C#N)CCCOc1ccc(F)c(F)c1. The largest absolute Gasteiger partial charge is 0.493 e. The van der Waals surface area contributed by atoms with Crippen LogP contribution in [-0.2, 0) is 0 Å². The molecule has 0 spiro atoms. The van der Waals surface area contributed by atoms with Crippen molar-refractivity contribution in [2.45, 2.75) is 25.3 Å². The summed E-state index contributed by atoms with van der Waals surface area (Å²) >= 11 is 0. The fourth-order valence-electron chi connectivity index (χ4n) is 1.25. The first-order chi connectivity index (χ1) is 7.94. The van der Waals surface area contributed by atoms with Gasteiger partial charge >= 0.3 is 0 Å². The smallest absolute Gasteiger partial charge is 0.162 e. The molecule has 92 valence electrons. The highest BCUT2D eigenvalue weighted by molar-refractivity contribution is 5.23. The average Bonchev–Trinajstić information content (AvgIpc) is 2.29. The number of nitrogens with zero attached hydrogens (tertiary/aromatic N) is 1. The van der Waals surface area contributed by atoms with E-state index in [0.717, 1.165) is 12.1 Å². The molecule has 0 heterocycles. The summed E-state index contributed by atoms with van der Waals surface area (Å²) in [5.74, 6) is -1.58. The second-order valence-electron chi connectivity index (χ2n) is 4.06. The van der Waals surface area contributed by atoms with Gasteiger partial charge in [-0.3, -0.25) is 0 Å². The first kappa shape index (κ1) is 13.4. The molecule has 5 heteroatoms.